The largest absolute Gasteiger partial charge is 0.322 e. The molecule has 0 fully saturated rings. The molecule has 1 aromatic carbocycles. The highest BCUT2D eigenvalue weighted by molar-refractivity contribution is 6.05. The lowest BCUT2D eigenvalue weighted by molar-refractivity contribution is 0.102. The summed E-state index contributed by atoms with van der Waals surface area (Å²) in [6.45, 7) is 5.83. The van der Waals surface area contributed by atoms with Crippen LogP contribution in [-0.2, 0) is 0 Å². The summed E-state index contributed by atoms with van der Waals surface area (Å²) in [5, 5.41) is 2.89. The van der Waals surface area contributed by atoms with E-state index in [1.807, 2.05) is 45.0 Å². The van der Waals surface area contributed by atoms with Crippen molar-refractivity contribution >= 4 is 11.6 Å². The maximum absolute atomic E-state index is 12.1. The number of aryl methyl sites for hydroxylation is 2. The van der Waals surface area contributed by atoms with Crippen LogP contribution < -0.4 is 5.32 Å². The number of carbonyl (C=O) groups is 1. The van der Waals surface area contributed by atoms with E-state index in [-0.39, 0.29) is 5.91 Å². The second kappa shape index (κ2) is 5.00. The lowest BCUT2D eigenvalue weighted by Crippen LogP contribution is -2.14. The monoisotopic (exact) mass is 240 g/mol. The zero-order chi connectivity index (χ0) is 13.1. The molecule has 3 nitrogen and oxygen atoms in total. The average Bonchev–Trinajstić information content (AvgIpc) is 2.35. The molecular formula is C15H16N2O. The van der Waals surface area contributed by atoms with E-state index in [2.05, 4.69) is 10.3 Å². The van der Waals surface area contributed by atoms with Crippen molar-refractivity contribution < 1.29 is 4.79 Å². The second-order valence-electron chi connectivity index (χ2n) is 4.39. The molecule has 0 aliphatic rings. The highest BCUT2D eigenvalue weighted by Crippen LogP contribution is 2.14. The quantitative estimate of drug-likeness (QED) is 0.875. The van der Waals surface area contributed by atoms with E-state index in [4.69, 9.17) is 0 Å². The first-order chi connectivity index (χ1) is 8.58. The van der Waals surface area contributed by atoms with Crippen molar-refractivity contribution in [3.05, 3.63) is 58.9 Å². The molecule has 0 saturated heterocycles. The van der Waals surface area contributed by atoms with Crippen LogP contribution in [0.5, 0.6) is 0 Å². The number of hydrogen-bond donors (Lipinski definition) is 1. The van der Waals surface area contributed by atoms with Gasteiger partial charge in [-0.2, -0.15) is 0 Å². The van der Waals surface area contributed by atoms with Crippen molar-refractivity contribution in [3.8, 4) is 0 Å². The smallest absolute Gasteiger partial charge is 0.256 e. The van der Waals surface area contributed by atoms with Gasteiger partial charge in [0.1, 0.15) is 0 Å². The molecule has 1 N–H and O–H groups in total. The van der Waals surface area contributed by atoms with Crippen LogP contribution >= 0.6 is 0 Å². The number of hydrogen-bond acceptors (Lipinski definition) is 2. The van der Waals surface area contributed by atoms with Crippen LogP contribution in [0.15, 0.2) is 36.5 Å². The summed E-state index contributed by atoms with van der Waals surface area (Å²) in [4.78, 5) is 16.3. The van der Waals surface area contributed by atoms with E-state index in [0.717, 1.165) is 16.9 Å². The fraction of sp³-hybridized carbons (Fsp3) is 0.200. The van der Waals surface area contributed by atoms with Crippen LogP contribution in [0.2, 0.25) is 0 Å². The molecular weight excluding hydrogens is 224 g/mol. The predicted molar refractivity (Wildman–Crippen MR) is 72.8 cm³/mol. The van der Waals surface area contributed by atoms with Gasteiger partial charge in [-0.05, 0) is 44.5 Å². The van der Waals surface area contributed by atoms with Crippen molar-refractivity contribution in [2.75, 3.05) is 5.32 Å². The highest BCUT2D eigenvalue weighted by atomic mass is 16.1. The molecule has 3 heteroatoms. The molecule has 0 aliphatic heterocycles. The molecule has 0 radical (unpaired) electrons. The van der Waals surface area contributed by atoms with Crippen LogP contribution in [0.4, 0.5) is 5.69 Å². The summed E-state index contributed by atoms with van der Waals surface area (Å²) in [5.41, 5.74) is 4.44. The Morgan fingerprint density at radius 1 is 1.06 bits per heavy atom. The molecule has 0 unspecified atom stereocenters. The summed E-state index contributed by atoms with van der Waals surface area (Å²) in [7, 11) is 0. The molecule has 92 valence electrons. The molecule has 1 amide bonds. The Hall–Kier alpha value is -2.16. The number of amides is 1. The van der Waals surface area contributed by atoms with Crippen molar-refractivity contribution in [3.63, 3.8) is 0 Å². The van der Waals surface area contributed by atoms with Crippen molar-refractivity contribution in [2.45, 2.75) is 20.8 Å². The molecule has 0 aliphatic carbocycles. The molecule has 1 heterocycles. The number of aromatic nitrogens is 1. The molecule has 2 rings (SSSR count). The number of nitrogens with zero attached hydrogens (tertiary/aromatic N) is 1. The van der Waals surface area contributed by atoms with Gasteiger partial charge in [0.05, 0.1) is 0 Å². The van der Waals surface area contributed by atoms with Gasteiger partial charge in [-0.1, -0.05) is 17.7 Å². The number of carbonyl (C=O) groups excluding carboxylic acids is 1. The zero-order valence-corrected chi connectivity index (χ0v) is 10.8. The van der Waals surface area contributed by atoms with Gasteiger partial charge in [-0.25, -0.2) is 0 Å². The van der Waals surface area contributed by atoms with Gasteiger partial charge >= 0.3 is 0 Å². The Balaban J connectivity index is 2.22. The minimum absolute atomic E-state index is 0.0955. The first-order valence-corrected chi connectivity index (χ1v) is 5.88. The maximum atomic E-state index is 12.1. The first-order valence-electron chi connectivity index (χ1n) is 5.88. The third kappa shape index (κ3) is 2.56. The van der Waals surface area contributed by atoms with Gasteiger partial charge < -0.3 is 5.32 Å². The summed E-state index contributed by atoms with van der Waals surface area (Å²) >= 11 is 0. The van der Waals surface area contributed by atoms with Crippen LogP contribution in [0.25, 0.3) is 0 Å². The van der Waals surface area contributed by atoms with Crippen LogP contribution in [-0.4, -0.2) is 10.9 Å². The van der Waals surface area contributed by atoms with Crippen LogP contribution in [0.3, 0.4) is 0 Å². The third-order valence-corrected chi connectivity index (χ3v) is 3.01. The molecule has 0 saturated carbocycles. The topological polar surface area (TPSA) is 42.0 Å². The predicted octanol–water partition coefficient (Wildman–Crippen LogP) is 3.26. The molecule has 2 aromatic rings. The summed E-state index contributed by atoms with van der Waals surface area (Å²) < 4.78 is 0. The fourth-order valence-electron chi connectivity index (χ4n) is 1.72. The van der Waals surface area contributed by atoms with E-state index in [1.165, 1.54) is 5.56 Å². The standard InChI is InChI=1S/C15H16N2O/c1-10-4-6-13(7-5-10)17-15(18)14-8-9-16-12(3)11(14)2/h4-9H,1-3H3,(H,17,18). The van der Waals surface area contributed by atoms with Gasteiger partial charge in [0.2, 0.25) is 0 Å². The second-order valence-corrected chi connectivity index (χ2v) is 4.39. The highest BCUT2D eigenvalue weighted by Gasteiger charge is 2.10. The summed E-state index contributed by atoms with van der Waals surface area (Å²) in [6.07, 6.45) is 1.66. The number of rotatable bonds is 2. The fourth-order valence-corrected chi connectivity index (χ4v) is 1.72. The van der Waals surface area contributed by atoms with Gasteiger partial charge in [-0.15, -0.1) is 0 Å². The summed E-state index contributed by atoms with van der Waals surface area (Å²) in [5.74, 6) is -0.0955. The molecule has 0 atom stereocenters. The summed E-state index contributed by atoms with van der Waals surface area (Å²) in [6, 6.07) is 9.49. The van der Waals surface area contributed by atoms with Crippen molar-refractivity contribution in [2.24, 2.45) is 0 Å². The Morgan fingerprint density at radius 3 is 2.39 bits per heavy atom. The zero-order valence-electron chi connectivity index (χ0n) is 10.8. The SMILES string of the molecule is Cc1ccc(NC(=O)c2ccnc(C)c2C)cc1. The van der Waals surface area contributed by atoms with Crippen LogP contribution in [0, 0.1) is 20.8 Å². The van der Waals surface area contributed by atoms with Gasteiger partial charge in [-0.3, -0.25) is 9.78 Å². The van der Waals surface area contributed by atoms with Crippen molar-refractivity contribution in [1.82, 2.24) is 4.98 Å². The number of pyridine rings is 1. The van der Waals surface area contributed by atoms with Crippen molar-refractivity contribution in [1.29, 1.82) is 0 Å². The van der Waals surface area contributed by atoms with Gasteiger partial charge in [0, 0.05) is 23.1 Å². The lowest BCUT2D eigenvalue weighted by atomic mass is 10.1. The minimum Gasteiger partial charge on any atom is -0.322 e. The number of benzene rings is 1. The Bertz CT molecular complexity index is 574. The number of anilines is 1. The third-order valence-electron chi connectivity index (χ3n) is 3.01. The van der Waals surface area contributed by atoms with E-state index in [9.17, 15) is 4.79 Å². The Morgan fingerprint density at radius 2 is 1.72 bits per heavy atom. The van der Waals surface area contributed by atoms with E-state index in [1.54, 1.807) is 12.3 Å². The minimum atomic E-state index is -0.0955. The Labute approximate surface area is 107 Å². The average molecular weight is 240 g/mol. The van der Waals surface area contributed by atoms with E-state index in [0.29, 0.717) is 5.56 Å². The van der Waals surface area contributed by atoms with Crippen LogP contribution in [0.1, 0.15) is 27.2 Å². The normalized spacial score (nSPS) is 10.2. The molecule has 0 spiro atoms. The molecule has 18 heavy (non-hydrogen) atoms. The van der Waals surface area contributed by atoms with E-state index >= 15 is 0 Å². The Kier molecular flexibility index (Phi) is 3.42. The molecule has 0 bridgehead atoms. The maximum Gasteiger partial charge on any atom is 0.256 e. The van der Waals surface area contributed by atoms with Gasteiger partial charge in [0.25, 0.3) is 5.91 Å². The van der Waals surface area contributed by atoms with Gasteiger partial charge in [0.15, 0.2) is 0 Å². The number of nitrogens with one attached hydrogen (secondary N) is 1. The lowest BCUT2D eigenvalue weighted by Gasteiger charge is -2.09. The van der Waals surface area contributed by atoms with E-state index < -0.39 is 0 Å². The first kappa shape index (κ1) is 12.3. The molecule has 1 aromatic heterocycles.